The number of hydrogen-bond acceptors (Lipinski definition) is 3. The third-order valence-electron chi connectivity index (χ3n) is 5.43. The minimum atomic E-state index is -0.815. The van der Waals surface area contributed by atoms with Crippen LogP contribution in [0.1, 0.15) is 36.6 Å². The van der Waals surface area contributed by atoms with Gasteiger partial charge < -0.3 is 15.0 Å². The van der Waals surface area contributed by atoms with Gasteiger partial charge in [0.1, 0.15) is 11.8 Å². The van der Waals surface area contributed by atoms with Gasteiger partial charge in [0, 0.05) is 29.1 Å². The van der Waals surface area contributed by atoms with Crippen molar-refractivity contribution in [3.05, 3.63) is 99.5 Å². The van der Waals surface area contributed by atoms with E-state index in [1.807, 2.05) is 68.4 Å². The van der Waals surface area contributed by atoms with Gasteiger partial charge in [-0.2, -0.15) is 0 Å². The van der Waals surface area contributed by atoms with E-state index >= 15 is 0 Å². The summed E-state index contributed by atoms with van der Waals surface area (Å²) in [5, 5.41) is 3.95. The van der Waals surface area contributed by atoms with E-state index in [1.165, 1.54) is 0 Å². The zero-order valence-corrected chi connectivity index (χ0v) is 20.9. The van der Waals surface area contributed by atoms with Crippen molar-refractivity contribution < 1.29 is 14.3 Å². The molecule has 34 heavy (non-hydrogen) atoms. The summed E-state index contributed by atoms with van der Waals surface area (Å²) in [5.41, 5.74) is 2.36. The molecule has 2 amide bonds. The highest BCUT2D eigenvalue weighted by atomic mass is 35.5. The topological polar surface area (TPSA) is 58.6 Å². The van der Waals surface area contributed by atoms with Crippen molar-refractivity contribution in [1.29, 1.82) is 0 Å². The summed E-state index contributed by atoms with van der Waals surface area (Å²) in [6, 6.07) is 21.1. The van der Waals surface area contributed by atoms with Crippen LogP contribution in [0, 0.1) is 5.92 Å². The van der Waals surface area contributed by atoms with Gasteiger partial charge in [0.25, 0.3) is 0 Å². The molecule has 3 rings (SSSR count). The van der Waals surface area contributed by atoms with Gasteiger partial charge in [0.05, 0.1) is 7.11 Å². The van der Waals surface area contributed by atoms with Crippen molar-refractivity contribution in [2.45, 2.75) is 33.0 Å². The average Bonchev–Trinajstić information content (AvgIpc) is 2.83. The Morgan fingerprint density at radius 1 is 0.971 bits per heavy atom. The van der Waals surface area contributed by atoms with Crippen LogP contribution in [0.3, 0.4) is 0 Å². The molecule has 5 nitrogen and oxygen atoms in total. The molecular weight excluding hydrogens is 471 g/mol. The van der Waals surface area contributed by atoms with Gasteiger partial charge in [-0.25, -0.2) is 0 Å². The fraction of sp³-hybridized carbons (Fsp3) is 0.259. The Kier molecular flexibility index (Phi) is 8.97. The van der Waals surface area contributed by atoms with Gasteiger partial charge in [0.15, 0.2) is 0 Å². The van der Waals surface area contributed by atoms with Gasteiger partial charge in [-0.05, 0) is 41.0 Å². The number of hydrogen-bond donors (Lipinski definition) is 1. The molecule has 7 heteroatoms. The van der Waals surface area contributed by atoms with E-state index in [4.69, 9.17) is 27.9 Å². The molecular formula is C27H28Cl2N2O3. The summed E-state index contributed by atoms with van der Waals surface area (Å²) in [7, 11) is 1.60. The van der Waals surface area contributed by atoms with Crippen LogP contribution in [0.5, 0.6) is 5.75 Å². The third-order valence-corrected chi connectivity index (χ3v) is 6.02. The molecule has 0 aliphatic heterocycles. The number of rotatable bonds is 9. The first-order chi connectivity index (χ1) is 16.3. The molecule has 0 aliphatic rings. The van der Waals surface area contributed by atoms with E-state index in [9.17, 15) is 9.59 Å². The van der Waals surface area contributed by atoms with E-state index < -0.39 is 6.04 Å². The number of halogens is 2. The number of nitrogens with one attached hydrogen (secondary N) is 1. The molecule has 1 N–H and O–H groups in total. The first kappa shape index (κ1) is 25.6. The summed E-state index contributed by atoms with van der Waals surface area (Å²) < 4.78 is 5.24. The summed E-state index contributed by atoms with van der Waals surface area (Å²) >= 11 is 12.3. The largest absolute Gasteiger partial charge is 0.497 e. The van der Waals surface area contributed by atoms with Gasteiger partial charge in [-0.3, -0.25) is 9.59 Å². The predicted molar refractivity (Wildman–Crippen MR) is 136 cm³/mol. The highest BCUT2D eigenvalue weighted by Gasteiger charge is 2.32. The molecule has 0 bridgehead atoms. The number of nitrogens with zero attached hydrogens (tertiary/aromatic N) is 1. The SMILES string of the molecule is COc1ccc(CN(C(=O)C(C)C)[C@H](C(=O)NCc2ccc(Cl)cc2Cl)c2ccccc2)cc1. The minimum absolute atomic E-state index is 0.121. The van der Waals surface area contributed by atoms with Crippen molar-refractivity contribution in [1.82, 2.24) is 10.2 Å². The molecule has 3 aromatic carbocycles. The Morgan fingerprint density at radius 3 is 2.24 bits per heavy atom. The Morgan fingerprint density at radius 2 is 1.65 bits per heavy atom. The molecule has 0 fully saturated rings. The summed E-state index contributed by atoms with van der Waals surface area (Å²) in [6.07, 6.45) is 0. The highest BCUT2D eigenvalue weighted by Crippen LogP contribution is 2.27. The van der Waals surface area contributed by atoms with Crippen molar-refractivity contribution in [3.63, 3.8) is 0 Å². The maximum atomic E-state index is 13.6. The number of carbonyl (C=O) groups is 2. The molecule has 1 atom stereocenters. The third kappa shape index (κ3) is 6.52. The van der Waals surface area contributed by atoms with E-state index in [0.29, 0.717) is 10.0 Å². The van der Waals surface area contributed by atoms with E-state index in [-0.39, 0.29) is 30.8 Å². The molecule has 0 aromatic heterocycles. The second-order valence-corrected chi connectivity index (χ2v) is 9.08. The van der Waals surface area contributed by atoms with Crippen molar-refractivity contribution >= 4 is 35.0 Å². The second kappa shape index (κ2) is 11.9. The number of ether oxygens (including phenoxy) is 1. The van der Waals surface area contributed by atoms with Crippen LogP contribution < -0.4 is 10.1 Å². The van der Waals surface area contributed by atoms with Crippen LogP contribution in [0.15, 0.2) is 72.8 Å². The standard InChI is InChI=1S/C27H28Cl2N2O3/c1-18(2)27(33)31(17-19-9-13-23(34-3)14-10-19)25(20-7-5-4-6-8-20)26(32)30-16-21-11-12-22(28)15-24(21)29/h4-15,18,25H,16-17H2,1-3H3,(H,30,32)/t25-/m0/s1. The lowest BCUT2D eigenvalue weighted by atomic mass is 10.0. The van der Waals surface area contributed by atoms with Crippen LogP contribution >= 0.6 is 23.2 Å². The lowest BCUT2D eigenvalue weighted by Gasteiger charge is -2.33. The monoisotopic (exact) mass is 498 g/mol. The molecule has 3 aromatic rings. The molecule has 0 heterocycles. The minimum Gasteiger partial charge on any atom is -0.497 e. The molecule has 0 saturated carbocycles. The smallest absolute Gasteiger partial charge is 0.247 e. The second-order valence-electron chi connectivity index (χ2n) is 8.24. The first-order valence-corrected chi connectivity index (χ1v) is 11.8. The van der Waals surface area contributed by atoms with Crippen LogP contribution in [-0.4, -0.2) is 23.8 Å². The zero-order valence-electron chi connectivity index (χ0n) is 19.4. The number of carbonyl (C=O) groups excluding carboxylic acids is 2. The predicted octanol–water partition coefficient (Wildman–Crippen LogP) is 6.04. The van der Waals surface area contributed by atoms with E-state index in [0.717, 1.165) is 22.4 Å². The van der Waals surface area contributed by atoms with Crippen molar-refractivity contribution in [3.8, 4) is 5.75 Å². The molecule has 178 valence electrons. The number of amides is 2. The van der Waals surface area contributed by atoms with Gasteiger partial charge >= 0.3 is 0 Å². The molecule has 0 aliphatic carbocycles. The maximum absolute atomic E-state index is 13.6. The van der Waals surface area contributed by atoms with Gasteiger partial charge in [-0.1, -0.05) is 85.6 Å². The number of benzene rings is 3. The molecule has 0 radical (unpaired) electrons. The van der Waals surface area contributed by atoms with E-state index in [2.05, 4.69) is 5.32 Å². The molecule has 0 saturated heterocycles. The Bertz CT molecular complexity index is 1120. The van der Waals surface area contributed by atoms with Crippen LogP contribution in [0.4, 0.5) is 0 Å². The van der Waals surface area contributed by atoms with Gasteiger partial charge in [-0.15, -0.1) is 0 Å². The van der Waals surface area contributed by atoms with Crippen LogP contribution in [-0.2, 0) is 22.7 Å². The lowest BCUT2D eigenvalue weighted by Crippen LogP contribution is -2.44. The first-order valence-electron chi connectivity index (χ1n) is 11.0. The number of methoxy groups -OCH3 is 1. The van der Waals surface area contributed by atoms with Crippen molar-refractivity contribution in [2.75, 3.05) is 7.11 Å². The highest BCUT2D eigenvalue weighted by molar-refractivity contribution is 6.35. The maximum Gasteiger partial charge on any atom is 0.247 e. The Labute approximate surface area is 210 Å². The average molecular weight is 499 g/mol. The Hall–Kier alpha value is -3.02. The Balaban J connectivity index is 1.93. The fourth-order valence-electron chi connectivity index (χ4n) is 3.61. The van der Waals surface area contributed by atoms with Crippen LogP contribution in [0.2, 0.25) is 10.0 Å². The summed E-state index contributed by atoms with van der Waals surface area (Å²) in [4.78, 5) is 28.5. The van der Waals surface area contributed by atoms with Gasteiger partial charge in [0.2, 0.25) is 11.8 Å². The lowest BCUT2D eigenvalue weighted by molar-refractivity contribution is -0.144. The summed E-state index contributed by atoms with van der Waals surface area (Å²) in [6.45, 7) is 4.15. The fourth-order valence-corrected chi connectivity index (χ4v) is 4.08. The molecule has 0 spiro atoms. The quantitative estimate of drug-likeness (QED) is 0.390. The zero-order chi connectivity index (χ0) is 24.7. The van der Waals surface area contributed by atoms with E-state index in [1.54, 1.807) is 30.2 Å². The van der Waals surface area contributed by atoms with Crippen molar-refractivity contribution in [2.24, 2.45) is 5.92 Å². The molecule has 0 unspecified atom stereocenters. The summed E-state index contributed by atoms with van der Waals surface area (Å²) in [5.74, 6) is 0.0229. The van der Waals surface area contributed by atoms with Crippen LogP contribution in [0.25, 0.3) is 0 Å². The normalized spacial score (nSPS) is 11.7.